The van der Waals surface area contributed by atoms with Gasteiger partial charge >= 0.3 is 0 Å². The summed E-state index contributed by atoms with van der Waals surface area (Å²) in [6.07, 6.45) is 8.74. The predicted octanol–water partition coefficient (Wildman–Crippen LogP) is 2.53. The smallest absolute Gasteiger partial charge is 0.211 e. The first-order valence-electron chi connectivity index (χ1n) is 8.94. The molecule has 0 radical (unpaired) electrons. The minimum atomic E-state index is -3.07. The predicted molar refractivity (Wildman–Crippen MR) is 117 cm³/mol. The van der Waals surface area contributed by atoms with E-state index in [-0.39, 0.29) is 24.0 Å². The molecule has 1 aliphatic rings. The third-order valence-corrected chi connectivity index (χ3v) is 5.58. The summed E-state index contributed by atoms with van der Waals surface area (Å²) in [7, 11) is -1.01. The van der Waals surface area contributed by atoms with Crippen LogP contribution in [0.4, 0.5) is 0 Å². The molecule has 0 saturated carbocycles. The van der Waals surface area contributed by atoms with Crippen molar-refractivity contribution in [2.75, 3.05) is 46.0 Å². The van der Waals surface area contributed by atoms with Gasteiger partial charge in [-0.25, -0.2) is 12.7 Å². The largest absolute Gasteiger partial charge is 0.357 e. The van der Waals surface area contributed by atoms with Gasteiger partial charge in [0.2, 0.25) is 10.0 Å². The Labute approximate surface area is 171 Å². The van der Waals surface area contributed by atoms with Crippen LogP contribution in [0.3, 0.4) is 0 Å². The van der Waals surface area contributed by atoms with E-state index in [0.717, 1.165) is 38.3 Å². The highest BCUT2D eigenvalue weighted by Gasteiger charge is 2.28. The van der Waals surface area contributed by atoms with Gasteiger partial charge in [-0.1, -0.05) is 12.5 Å². The summed E-state index contributed by atoms with van der Waals surface area (Å²) in [6, 6.07) is 0. The summed E-state index contributed by atoms with van der Waals surface area (Å²) in [6.45, 7) is 9.51. The number of sulfonamides is 1. The highest BCUT2D eigenvalue weighted by atomic mass is 127. The molecule has 1 unspecified atom stereocenters. The molecule has 0 aliphatic carbocycles. The van der Waals surface area contributed by atoms with Crippen LogP contribution in [0.1, 0.15) is 39.0 Å². The second-order valence-electron chi connectivity index (χ2n) is 6.53. The zero-order valence-corrected chi connectivity index (χ0v) is 19.1. The van der Waals surface area contributed by atoms with Crippen molar-refractivity contribution in [3.05, 3.63) is 12.7 Å². The molecule has 8 heteroatoms. The number of allylic oxidation sites excluding steroid dienone is 1. The van der Waals surface area contributed by atoms with Gasteiger partial charge in [-0.05, 0) is 38.5 Å². The molecule has 1 fully saturated rings. The van der Waals surface area contributed by atoms with E-state index in [2.05, 4.69) is 30.8 Å². The fraction of sp³-hybridized carbons (Fsp3) is 0.824. The first-order chi connectivity index (χ1) is 11.4. The summed E-state index contributed by atoms with van der Waals surface area (Å²) in [4.78, 5) is 6.89. The van der Waals surface area contributed by atoms with Crippen LogP contribution in [0.15, 0.2) is 17.6 Å². The molecule has 0 aromatic rings. The van der Waals surface area contributed by atoms with E-state index in [1.165, 1.54) is 19.1 Å². The molecule has 0 amide bonds. The van der Waals surface area contributed by atoms with Crippen LogP contribution in [-0.4, -0.2) is 69.6 Å². The van der Waals surface area contributed by atoms with Gasteiger partial charge in [0.25, 0.3) is 0 Å². The minimum Gasteiger partial charge on any atom is -0.357 e. The van der Waals surface area contributed by atoms with E-state index in [4.69, 9.17) is 4.99 Å². The number of nitrogens with one attached hydrogen (secondary N) is 1. The quantitative estimate of drug-likeness (QED) is 0.170. The molecule has 1 saturated heterocycles. The van der Waals surface area contributed by atoms with Crippen LogP contribution in [0.2, 0.25) is 0 Å². The summed E-state index contributed by atoms with van der Waals surface area (Å²) >= 11 is 0. The zero-order valence-electron chi connectivity index (χ0n) is 15.9. The fourth-order valence-corrected chi connectivity index (χ4v) is 3.77. The van der Waals surface area contributed by atoms with Crippen LogP contribution in [0, 0.1) is 5.92 Å². The topological polar surface area (TPSA) is 65.0 Å². The summed E-state index contributed by atoms with van der Waals surface area (Å²) in [5.41, 5.74) is 0. The van der Waals surface area contributed by atoms with E-state index in [1.807, 2.05) is 6.08 Å². The number of hydrogen-bond donors (Lipinski definition) is 1. The lowest BCUT2D eigenvalue weighted by molar-refractivity contribution is 0.447. The maximum absolute atomic E-state index is 11.6. The zero-order chi connectivity index (χ0) is 18.0. The summed E-state index contributed by atoms with van der Waals surface area (Å²) < 4.78 is 24.7. The average molecular weight is 486 g/mol. The second-order valence-corrected chi connectivity index (χ2v) is 8.51. The number of rotatable bonds is 10. The Hall–Kier alpha value is -0.350. The van der Waals surface area contributed by atoms with Crippen molar-refractivity contribution >= 4 is 40.0 Å². The lowest BCUT2D eigenvalue weighted by Gasteiger charge is -2.22. The second kappa shape index (κ2) is 12.9. The number of hydrogen-bond acceptors (Lipinski definition) is 3. The Morgan fingerprint density at radius 3 is 2.68 bits per heavy atom. The molecule has 0 aromatic carbocycles. The molecule has 1 atom stereocenters. The highest BCUT2D eigenvalue weighted by Crippen LogP contribution is 2.19. The van der Waals surface area contributed by atoms with Crippen molar-refractivity contribution in [2.24, 2.45) is 10.9 Å². The summed E-state index contributed by atoms with van der Waals surface area (Å²) in [5, 5.41) is 3.33. The first kappa shape index (κ1) is 24.7. The van der Waals surface area contributed by atoms with Gasteiger partial charge in [-0.2, -0.15) is 0 Å². The molecule has 6 nitrogen and oxygen atoms in total. The lowest BCUT2D eigenvalue weighted by atomic mass is 10.1. The molecular weight excluding hydrogens is 451 g/mol. The van der Waals surface area contributed by atoms with E-state index in [1.54, 1.807) is 4.31 Å². The van der Waals surface area contributed by atoms with Gasteiger partial charge in [0.05, 0.1) is 6.26 Å². The molecule has 0 bridgehead atoms. The molecular formula is C17H35IN4O2S. The third-order valence-electron chi connectivity index (χ3n) is 4.32. The number of halogens is 1. The van der Waals surface area contributed by atoms with Crippen molar-refractivity contribution < 1.29 is 8.42 Å². The average Bonchev–Trinajstić information content (AvgIpc) is 3.00. The standard InChI is InChI=1S/C17H34N4O2S.HI/c1-5-7-8-9-10-12-20(3)17(18-6-2)19-14-16-11-13-21(15-16)24(4,22)23;/h5,16H,1,6-15H2,2-4H3,(H,18,19);1H. The highest BCUT2D eigenvalue weighted by molar-refractivity contribution is 14.0. The van der Waals surface area contributed by atoms with Crippen LogP contribution in [0.5, 0.6) is 0 Å². The molecule has 0 aromatic heterocycles. The SMILES string of the molecule is C=CCCCCCN(C)C(=NCC1CCN(S(C)(=O)=O)C1)NCC.I. The van der Waals surface area contributed by atoms with Crippen LogP contribution in [0.25, 0.3) is 0 Å². The summed E-state index contributed by atoms with van der Waals surface area (Å²) in [5.74, 6) is 1.23. The Morgan fingerprint density at radius 1 is 1.40 bits per heavy atom. The van der Waals surface area contributed by atoms with Crippen molar-refractivity contribution in [3.8, 4) is 0 Å². The van der Waals surface area contributed by atoms with E-state index in [0.29, 0.717) is 25.6 Å². The third kappa shape index (κ3) is 9.79. The van der Waals surface area contributed by atoms with Crippen molar-refractivity contribution in [1.29, 1.82) is 0 Å². The Bertz CT molecular complexity index is 511. The van der Waals surface area contributed by atoms with Gasteiger partial charge in [0.15, 0.2) is 5.96 Å². The van der Waals surface area contributed by atoms with Gasteiger partial charge in [0.1, 0.15) is 0 Å². The van der Waals surface area contributed by atoms with Gasteiger partial charge in [0, 0.05) is 39.8 Å². The van der Waals surface area contributed by atoms with Crippen molar-refractivity contribution in [3.63, 3.8) is 0 Å². The molecule has 148 valence electrons. The number of aliphatic imine (C=N–C) groups is 1. The van der Waals surface area contributed by atoms with Gasteiger partial charge in [-0.3, -0.25) is 4.99 Å². The molecule has 1 rings (SSSR count). The van der Waals surface area contributed by atoms with E-state index in [9.17, 15) is 8.42 Å². The van der Waals surface area contributed by atoms with Gasteiger partial charge in [-0.15, -0.1) is 30.6 Å². The van der Waals surface area contributed by atoms with Crippen molar-refractivity contribution in [2.45, 2.75) is 39.0 Å². The maximum atomic E-state index is 11.6. The monoisotopic (exact) mass is 486 g/mol. The van der Waals surface area contributed by atoms with Crippen molar-refractivity contribution in [1.82, 2.24) is 14.5 Å². The molecule has 1 N–H and O–H groups in total. The Balaban J connectivity index is 0.00000576. The fourth-order valence-electron chi connectivity index (χ4n) is 2.85. The Morgan fingerprint density at radius 2 is 2.12 bits per heavy atom. The minimum absolute atomic E-state index is 0. The molecule has 1 aliphatic heterocycles. The van der Waals surface area contributed by atoms with E-state index >= 15 is 0 Å². The molecule has 25 heavy (non-hydrogen) atoms. The van der Waals surface area contributed by atoms with Crippen LogP contribution in [-0.2, 0) is 10.0 Å². The molecule has 0 spiro atoms. The normalized spacial score (nSPS) is 18.7. The number of nitrogens with zero attached hydrogens (tertiary/aromatic N) is 3. The Kier molecular flexibility index (Phi) is 12.7. The van der Waals surface area contributed by atoms with Crippen LogP contribution < -0.4 is 5.32 Å². The molecule has 1 heterocycles. The number of unbranched alkanes of at least 4 members (excludes halogenated alkanes) is 3. The van der Waals surface area contributed by atoms with Crippen LogP contribution >= 0.6 is 24.0 Å². The number of guanidine groups is 1. The first-order valence-corrected chi connectivity index (χ1v) is 10.8. The lowest BCUT2D eigenvalue weighted by Crippen LogP contribution is -2.39. The van der Waals surface area contributed by atoms with E-state index < -0.39 is 10.0 Å². The van der Waals surface area contributed by atoms with Gasteiger partial charge < -0.3 is 10.2 Å². The maximum Gasteiger partial charge on any atom is 0.211 e.